The number of hydrogen-bond acceptors (Lipinski definition) is 2. The predicted octanol–water partition coefficient (Wildman–Crippen LogP) is 2.76. The molecular weight excluding hydrogens is 266 g/mol. The van der Waals surface area contributed by atoms with Crippen LogP contribution >= 0.6 is 15.9 Å². The van der Waals surface area contributed by atoms with Gasteiger partial charge in [-0.05, 0) is 55.2 Å². The van der Waals surface area contributed by atoms with Crippen molar-refractivity contribution in [3.8, 4) is 0 Å². The lowest BCUT2D eigenvalue weighted by molar-refractivity contribution is 0.493. The number of nitrogens with one attached hydrogen (secondary N) is 1. The summed E-state index contributed by atoms with van der Waals surface area (Å²) in [6.07, 6.45) is 1.07. The molecule has 0 spiro atoms. The Labute approximate surface area is 107 Å². The molecule has 1 heterocycles. The Balaban J connectivity index is 2.71. The number of rotatable bonds is 6. The fraction of sp³-hybridized carbons (Fsp3) is 0.750. The van der Waals surface area contributed by atoms with E-state index in [2.05, 4.69) is 58.7 Å². The average molecular weight is 288 g/mol. The minimum absolute atomic E-state index is 0.637. The molecule has 0 aliphatic carbocycles. The van der Waals surface area contributed by atoms with Crippen molar-refractivity contribution in [1.82, 2.24) is 15.1 Å². The molecule has 1 rings (SSSR count). The van der Waals surface area contributed by atoms with Crippen molar-refractivity contribution >= 4 is 15.9 Å². The van der Waals surface area contributed by atoms with Crippen LogP contribution in [0.2, 0.25) is 0 Å². The first-order valence-electron chi connectivity index (χ1n) is 6.02. The van der Waals surface area contributed by atoms with Gasteiger partial charge >= 0.3 is 0 Å². The summed E-state index contributed by atoms with van der Waals surface area (Å²) in [5.74, 6) is 0.637. The largest absolute Gasteiger partial charge is 0.317 e. The van der Waals surface area contributed by atoms with Crippen LogP contribution in [-0.2, 0) is 13.0 Å². The van der Waals surface area contributed by atoms with E-state index in [0.29, 0.717) is 5.92 Å². The van der Waals surface area contributed by atoms with Crippen molar-refractivity contribution in [2.75, 3.05) is 13.1 Å². The Morgan fingerprint density at radius 3 is 2.69 bits per heavy atom. The van der Waals surface area contributed by atoms with Gasteiger partial charge in [-0.25, -0.2) is 0 Å². The third-order valence-corrected chi connectivity index (χ3v) is 3.77. The molecule has 1 N–H and O–H groups in total. The first kappa shape index (κ1) is 13.7. The number of aryl methyl sites for hydroxylation is 2. The van der Waals surface area contributed by atoms with Gasteiger partial charge in [0.1, 0.15) is 0 Å². The van der Waals surface area contributed by atoms with Crippen LogP contribution in [0.5, 0.6) is 0 Å². The Morgan fingerprint density at radius 1 is 1.44 bits per heavy atom. The van der Waals surface area contributed by atoms with Crippen LogP contribution in [0.25, 0.3) is 0 Å². The normalized spacial score (nSPS) is 13.1. The van der Waals surface area contributed by atoms with Crippen LogP contribution in [0.15, 0.2) is 4.47 Å². The third kappa shape index (κ3) is 3.32. The van der Waals surface area contributed by atoms with Gasteiger partial charge in [0.2, 0.25) is 0 Å². The van der Waals surface area contributed by atoms with Crippen molar-refractivity contribution < 1.29 is 0 Å². The van der Waals surface area contributed by atoms with Gasteiger partial charge in [0.15, 0.2) is 0 Å². The maximum atomic E-state index is 4.51. The zero-order valence-electron chi connectivity index (χ0n) is 10.7. The molecule has 92 valence electrons. The summed E-state index contributed by atoms with van der Waals surface area (Å²) < 4.78 is 3.28. The molecule has 1 unspecified atom stereocenters. The number of aromatic nitrogens is 2. The number of nitrogens with zero attached hydrogens (tertiary/aromatic N) is 2. The van der Waals surface area contributed by atoms with E-state index in [1.54, 1.807) is 0 Å². The van der Waals surface area contributed by atoms with E-state index in [1.807, 2.05) is 0 Å². The molecule has 0 aliphatic heterocycles. The van der Waals surface area contributed by atoms with Crippen molar-refractivity contribution in [3.05, 3.63) is 15.9 Å². The summed E-state index contributed by atoms with van der Waals surface area (Å²) in [5.41, 5.74) is 2.41. The fourth-order valence-electron chi connectivity index (χ4n) is 1.86. The van der Waals surface area contributed by atoms with E-state index in [9.17, 15) is 0 Å². The van der Waals surface area contributed by atoms with E-state index in [0.717, 1.165) is 31.7 Å². The second-order valence-corrected chi connectivity index (χ2v) is 5.07. The fourth-order valence-corrected chi connectivity index (χ4v) is 2.30. The van der Waals surface area contributed by atoms with Gasteiger partial charge in [-0.1, -0.05) is 13.8 Å². The molecule has 1 aromatic heterocycles. The lowest BCUT2D eigenvalue weighted by Gasteiger charge is -2.13. The molecule has 0 saturated carbocycles. The van der Waals surface area contributed by atoms with Crippen LogP contribution in [0.1, 0.15) is 32.2 Å². The molecule has 0 radical (unpaired) electrons. The second kappa shape index (κ2) is 6.40. The van der Waals surface area contributed by atoms with Crippen molar-refractivity contribution in [1.29, 1.82) is 0 Å². The molecule has 0 bridgehead atoms. The van der Waals surface area contributed by atoms with E-state index < -0.39 is 0 Å². The lowest BCUT2D eigenvalue weighted by atomic mass is 10.1. The molecule has 1 aromatic rings. The van der Waals surface area contributed by atoms with E-state index in [-0.39, 0.29) is 0 Å². The SMILES string of the molecule is CCNCC(C)Cc1c(Br)c(C)nn1CC. The quantitative estimate of drug-likeness (QED) is 0.872. The minimum atomic E-state index is 0.637. The summed E-state index contributed by atoms with van der Waals surface area (Å²) in [7, 11) is 0. The molecular formula is C12H22BrN3. The van der Waals surface area contributed by atoms with E-state index >= 15 is 0 Å². The third-order valence-electron chi connectivity index (χ3n) is 2.74. The Morgan fingerprint density at radius 2 is 2.12 bits per heavy atom. The van der Waals surface area contributed by atoms with Crippen LogP contribution in [-0.4, -0.2) is 22.9 Å². The van der Waals surface area contributed by atoms with Crippen LogP contribution in [0.3, 0.4) is 0 Å². The monoisotopic (exact) mass is 287 g/mol. The minimum Gasteiger partial charge on any atom is -0.317 e. The smallest absolute Gasteiger partial charge is 0.0738 e. The Kier molecular flexibility index (Phi) is 5.49. The number of halogens is 1. The molecule has 16 heavy (non-hydrogen) atoms. The Bertz CT molecular complexity index is 333. The lowest BCUT2D eigenvalue weighted by Crippen LogP contribution is -2.22. The zero-order chi connectivity index (χ0) is 12.1. The summed E-state index contributed by atoms with van der Waals surface area (Å²) in [6, 6.07) is 0. The zero-order valence-corrected chi connectivity index (χ0v) is 12.3. The summed E-state index contributed by atoms with van der Waals surface area (Å²) in [4.78, 5) is 0. The summed E-state index contributed by atoms with van der Waals surface area (Å²) in [6.45, 7) is 11.6. The average Bonchev–Trinajstić information content (AvgIpc) is 2.54. The van der Waals surface area contributed by atoms with Crippen molar-refractivity contribution in [3.63, 3.8) is 0 Å². The van der Waals surface area contributed by atoms with Gasteiger partial charge in [-0.3, -0.25) is 4.68 Å². The maximum absolute atomic E-state index is 4.51. The molecule has 1 atom stereocenters. The van der Waals surface area contributed by atoms with E-state index in [1.165, 1.54) is 10.2 Å². The summed E-state index contributed by atoms with van der Waals surface area (Å²) in [5, 5.41) is 7.90. The first-order chi connectivity index (χ1) is 7.60. The standard InChI is InChI=1S/C12H22BrN3/c1-5-14-8-9(3)7-11-12(13)10(4)15-16(11)6-2/h9,14H,5-8H2,1-4H3. The molecule has 0 saturated heterocycles. The highest BCUT2D eigenvalue weighted by molar-refractivity contribution is 9.10. The van der Waals surface area contributed by atoms with Crippen molar-refractivity contribution in [2.45, 2.75) is 40.7 Å². The van der Waals surface area contributed by atoms with Gasteiger partial charge in [0.25, 0.3) is 0 Å². The molecule has 3 nitrogen and oxygen atoms in total. The summed E-state index contributed by atoms with van der Waals surface area (Å²) >= 11 is 3.63. The molecule has 0 aromatic carbocycles. The van der Waals surface area contributed by atoms with Crippen molar-refractivity contribution in [2.24, 2.45) is 5.92 Å². The van der Waals surface area contributed by atoms with Gasteiger partial charge in [-0.2, -0.15) is 5.10 Å². The molecule has 4 heteroatoms. The Hall–Kier alpha value is -0.350. The second-order valence-electron chi connectivity index (χ2n) is 4.28. The first-order valence-corrected chi connectivity index (χ1v) is 6.81. The molecule has 0 amide bonds. The van der Waals surface area contributed by atoms with Crippen LogP contribution in [0.4, 0.5) is 0 Å². The highest BCUT2D eigenvalue weighted by Gasteiger charge is 2.14. The predicted molar refractivity (Wildman–Crippen MR) is 71.7 cm³/mol. The highest BCUT2D eigenvalue weighted by atomic mass is 79.9. The topological polar surface area (TPSA) is 29.9 Å². The van der Waals surface area contributed by atoms with Gasteiger partial charge < -0.3 is 5.32 Å². The maximum Gasteiger partial charge on any atom is 0.0738 e. The van der Waals surface area contributed by atoms with Gasteiger partial charge in [0.05, 0.1) is 15.9 Å². The molecule has 0 aliphatic rings. The van der Waals surface area contributed by atoms with Gasteiger partial charge in [-0.15, -0.1) is 0 Å². The van der Waals surface area contributed by atoms with Crippen LogP contribution in [0, 0.1) is 12.8 Å². The van der Waals surface area contributed by atoms with Gasteiger partial charge in [0, 0.05) is 6.54 Å². The van der Waals surface area contributed by atoms with E-state index in [4.69, 9.17) is 0 Å². The molecule has 0 fully saturated rings. The van der Waals surface area contributed by atoms with Crippen LogP contribution < -0.4 is 5.32 Å². The highest BCUT2D eigenvalue weighted by Crippen LogP contribution is 2.23. The number of hydrogen-bond donors (Lipinski definition) is 1.